The van der Waals surface area contributed by atoms with E-state index in [0.29, 0.717) is 17.3 Å². The number of carbonyl (C=O) groups excluding carboxylic acids is 3. The van der Waals surface area contributed by atoms with Crippen LogP contribution >= 0.6 is 0 Å². The summed E-state index contributed by atoms with van der Waals surface area (Å²) in [6, 6.07) is 5.89. The topological polar surface area (TPSA) is 119 Å². The van der Waals surface area contributed by atoms with E-state index in [-0.39, 0.29) is 17.2 Å². The predicted octanol–water partition coefficient (Wildman–Crippen LogP) is 1.83. The van der Waals surface area contributed by atoms with Crippen LogP contribution < -0.4 is 16.2 Å². The van der Waals surface area contributed by atoms with E-state index in [2.05, 4.69) is 15.7 Å². The van der Waals surface area contributed by atoms with Crippen molar-refractivity contribution in [3.8, 4) is 0 Å². The van der Waals surface area contributed by atoms with E-state index >= 15 is 0 Å². The van der Waals surface area contributed by atoms with Crippen LogP contribution in [0, 0.1) is 5.92 Å². The maximum atomic E-state index is 12.6. The van der Waals surface area contributed by atoms with Crippen LogP contribution in [0.2, 0.25) is 0 Å². The summed E-state index contributed by atoms with van der Waals surface area (Å²) < 4.78 is 6.24. The molecule has 1 aromatic heterocycles. The molecule has 0 aliphatic carbocycles. The monoisotopic (exact) mass is 402 g/mol. The summed E-state index contributed by atoms with van der Waals surface area (Å²) in [6.45, 7) is 8.81. The van der Waals surface area contributed by atoms with Crippen LogP contribution in [0.3, 0.4) is 0 Å². The number of fused-ring (bicyclic) bond motifs is 1. The zero-order chi connectivity index (χ0) is 21.8. The van der Waals surface area contributed by atoms with Gasteiger partial charge in [-0.3, -0.25) is 14.9 Å². The van der Waals surface area contributed by atoms with Crippen molar-refractivity contribution in [2.75, 3.05) is 6.61 Å². The molecule has 0 spiro atoms. The van der Waals surface area contributed by atoms with Gasteiger partial charge < -0.3 is 10.1 Å². The molecule has 0 aliphatic rings. The average molecular weight is 402 g/mol. The smallest absolute Gasteiger partial charge is 0.359 e. The molecule has 0 aliphatic heterocycles. The second-order valence-electron chi connectivity index (χ2n) is 8.10. The standard InChI is InChI=1S/C20H26N4O5/c1-12(2)10-24-17(26)14-9-7-6-8-13(14)16(23-24)18(27)29-11-15(25)21-19(28)22-20(3,4)5/h6-9,12H,10-11H2,1-5H3,(H2,21,22,25,28). The summed E-state index contributed by atoms with van der Waals surface area (Å²) in [5.74, 6) is -1.50. The van der Waals surface area contributed by atoms with Gasteiger partial charge in [-0.05, 0) is 32.8 Å². The van der Waals surface area contributed by atoms with Gasteiger partial charge in [0.2, 0.25) is 0 Å². The Morgan fingerprint density at radius 3 is 2.34 bits per heavy atom. The fourth-order valence-corrected chi connectivity index (χ4v) is 2.59. The number of benzene rings is 1. The molecule has 2 aromatic rings. The Balaban J connectivity index is 2.18. The molecule has 3 amide bonds. The summed E-state index contributed by atoms with van der Waals surface area (Å²) in [5, 5.41) is 9.47. The number of hydrogen-bond donors (Lipinski definition) is 2. The number of rotatable bonds is 5. The lowest BCUT2D eigenvalue weighted by molar-refractivity contribution is -0.123. The molecule has 1 heterocycles. The number of nitrogens with one attached hydrogen (secondary N) is 2. The summed E-state index contributed by atoms with van der Waals surface area (Å²) in [4.78, 5) is 48.7. The molecule has 0 fully saturated rings. The lowest BCUT2D eigenvalue weighted by atomic mass is 10.1. The molecule has 0 saturated heterocycles. The van der Waals surface area contributed by atoms with Crippen LogP contribution in [-0.2, 0) is 16.1 Å². The van der Waals surface area contributed by atoms with Crippen LogP contribution in [0.1, 0.15) is 45.1 Å². The predicted molar refractivity (Wildman–Crippen MR) is 108 cm³/mol. The minimum Gasteiger partial charge on any atom is -0.451 e. The van der Waals surface area contributed by atoms with Crippen LogP contribution in [0.15, 0.2) is 29.1 Å². The van der Waals surface area contributed by atoms with Crippen LogP contribution in [0.25, 0.3) is 10.8 Å². The third kappa shape index (κ3) is 6.13. The SMILES string of the molecule is CC(C)Cn1nc(C(=O)OCC(=O)NC(=O)NC(C)(C)C)c2ccccc2c1=O. The molecule has 0 atom stereocenters. The van der Waals surface area contributed by atoms with Gasteiger partial charge in [-0.25, -0.2) is 14.3 Å². The molecule has 1 aromatic carbocycles. The highest BCUT2D eigenvalue weighted by molar-refractivity contribution is 6.03. The van der Waals surface area contributed by atoms with E-state index < -0.39 is 30.1 Å². The molecule has 9 nitrogen and oxygen atoms in total. The van der Waals surface area contributed by atoms with E-state index in [9.17, 15) is 19.2 Å². The lowest BCUT2D eigenvalue weighted by Crippen LogP contribution is -2.49. The fourth-order valence-electron chi connectivity index (χ4n) is 2.59. The number of hydrogen-bond acceptors (Lipinski definition) is 6. The van der Waals surface area contributed by atoms with E-state index in [1.807, 2.05) is 13.8 Å². The first-order valence-electron chi connectivity index (χ1n) is 9.27. The molecule has 0 unspecified atom stereocenters. The Morgan fingerprint density at radius 1 is 1.14 bits per heavy atom. The zero-order valence-corrected chi connectivity index (χ0v) is 17.2. The van der Waals surface area contributed by atoms with E-state index in [1.54, 1.807) is 45.0 Å². The molecule has 2 N–H and O–H groups in total. The number of carbonyl (C=O) groups is 3. The first kappa shape index (κ1) is 22.1. The summed E-state index contributed by atoms with van der Waals surface area (Å²) in [5.41, 5.74) is -0.885. The number of amides is 3. The Kier molecular flexibility index (Phi) is 6.73. The molecule has 156 valence electrons. The Morgan fingerprint density at radius 2 is 1.76 bits per heavy atom. The highest BCUT2D eigenvalue weighted by Gasteiger charge is 2.21. The van der Waals surface area contributed by atoms with Gasteiger partial charge in [0.25, 0.3) is 11.5 Å². The third-order valence-corrected chi connectivity index (χ3v) is 3.68. The van der Waals surface area contributed by atoms with Gasteiger partial charge in [0, 0.05) is 17.5 Å². The van der Waals surface area contributed by atoms with Crippen molar-refractivity contribution in [2.24, 2.45) is 5.92 Å². The molecule has 2 rings (SSSR count). The molecule has 0 radical (unpaired) electrons. The van der Waals surface area contributed by atoms with Crippen molar-refractivity contribution in [3.63, 3.8) is 0 Å². The average Bonchev–Trinajstić information content (AvgIpc) is 2.60. The summed E-state index contributed by atoms with van der Waals surface area (Å²) in [7, 11) is 0. The Hall–Kier alpha value is -3.23. The third-order valence-electron chi connectivity index (χ3n) is 3.68. The van der Waals surface area contributed by atoms with Crippen LogP contribution in [0.5, 0.6) is 0 Å². The molecular formula is C20H26N4O5. The summed E-state index contributed by atoms with van der Waals surface area (Å²) in [6.07, 6.45) is 0. The van der Waals surface area contributed by atoms with E-state index in [1.165, 1.54) is 4.68 Å². The van der Waals surface area contributed by atoms with Crippen molar-refractivity contribution < 1.29 is 19.1 Å². The normalized spacial score (nSPS) is 11.4. The maximum absolute atomic E-state index is 12.6. The lowest BCUT2D eigenvalue weighted by Gasteiger charge is -2.20. The van der Waals surface area contributed by atoms with E-state index in [0.717, 1.165) is 0 Å². The van der Waals surface area contributed by atoms with Gasteiger partial charge in [-0.15, -0.1) is 0 Å². The highest BCUT2D eigenvalue weighted by Crippen LogP contribution is 2.14. The maximum Gasteiger partial charge on any atom is 0.359 e. The Labute approximate surface area is 168 Å². The van der Waals surface area contributed by atoms with Crippen molar-refractivity contribution >= 4 is 28.7 Å². The van der Waals surface area contributed by atoms with Gasteiger partial charge in [-0.2, -0.15) is 5.10 Å². The number of ether oxygens (including phenoxy) is 1. The largest absolute Gasteiger partial charge is 0.451 e. The second-order valence-corrected chi connectivity index (χ2v) is 8.10. The Bertz CT molecular complexity index is 989. The number of imide groups is 1. The number of urea groups is 1. The van der Waals surface area contributed by atoms with Crippen molar-refractivity contribution in [1.29, 1.82) is 0 Å². The highest BCUT2D eigenvalue weighted by atomic mass is 16.5. The minimum absolute atomic E-state index is 0.0622. The molecule has 9 heteroatoms. The first-order chi connectivity index (χ1) is 13.5. The first-order valence-corrected chi connectivity index (χ1v) is 9.27. The quantitative estimate of drug-likeness (QED) is 0.737. The number of nitrogens with zero attached hydrogens (tertiary/aromatic N) is 2. The minimum atomic E-state index is -0.856. The van der Waals surface area contributed by atoms with Gasteiger partial charge in [0.1, 0.15) is 0 Å². The van der Waals surface area contributed by atoms with Crippen LogP contribution in [-0.4, -0.2) is 39.8 Å². The van der Waals surface area contributed by atoms with Crippen molar-refractivity contribution in [1.82, 2.24) is 20.4 Å². The fraction of sp³-hybridized carbons (Fsp3) is 0.450. The molecule has 29 heavy (non-hydrogen) atoms. The number of esters is 1. The second kappa shape index (κ2) is 8.85. The van der Waals surface area contributed by atoms with Crippen molar-refractivity contribution in [3.05, 3.63) is 40.3 Å². The van der Waals surface area contributed by atoms with Gasteiger partial charge in [0.05, 0.1) is 5.39 Å². The molecule has 0 bridgehead atoms. The van der Waals surface area contributed by atoms with Gasteiger partial charge >= 0.3 is 12.0 Å². The van der Waals surface area contributed by atoms with Gasteiger partial charge in [-0.1, -0.05) is 32.0 Å². The van der Waals surface area contributed by atoms with Crippen LogP contribution in [0.4, 0.5) is 4.79 Å². The van der Waals surface area contributed by atoms with Gasteiger partial charge in [0.15, 0.2) is 12.3 Å². The van der Waals surface area contributed by atoms with E-state index in [4.69, 9.17) is 4.74 Å². The molecular weight excluding hydrogens is 376 g/mol. The van der Waals surface area contributed by atoms with Crippen molar-refractivity contribution in [2.45, 2.75) is 46.7 Å². The zero-order valence-electron chi connectivity index (χ0n) is 17.2. The molecule has 0 saturated carbocycles. The number of aromatic nitrogens is 2. The summed E-state index contributed by atoms with van der Waals surface area (Å²) >= 11 is 0.